The molecule has 1 heterocycles. The number of phenolic OH excluding ortho intramolecular Hbond substituents is 1. The quantitative estimate of drug-likeness (QED) is 0.858. The van der Waals surface area contributed by atoms with Crippen LogP contribution in [0.2, 0.25) is 0 Å². The minimum Gasteiger partial charge on any atom is -0.508 e. The first kappa shape index (κ1) is 12.2. The summed E-state index contributed by atoms with van der Waals surface area (Å²) >= 11 is 0. The Morgan fingerprint density at radius 3 is 2.72 bits per heavy atom. The van der Waals surface area contributed by atoms with E-state index < -0.39 is 0 Å². The lowest BCUT2D eigenvalue weighted by molar-refractivity contribution is -0.120. The smallest absolute Gasteiger partial charge is 0.224 e. The monoisotopic (exact) mass is 246 g/mol. The van der Waals surface area contributed by atoms with Gasteiger partial charge in [0, 0.05) is 0 Å². The van der Waals surface area contributed by atoms with Gasteiger partial charge in [-0.1, -0.05) is 12.1 Å². The normalized spacial score (nSPS) is 10.3. The maximum Gasteiger partial charge on any atom is 0.224 e. The molecule has 0 spiro atoms. The van der Waals surface area contributed by atoms with Crippen LogP contribution < -0.4 is 5.32 Å². The molecule has 2 rings (SSSR count). The molecule has 2 aromatic rings. The molecule has 0 fully saturated rings. The zero-order valence-electron chi connectivity index (χ0n) is 10.0. The van der Waals surface area contributed by atoms with E-state index in [1.54, 1.807) is 31.2 Å². The molecule has 0 aliphatic rings. The average molecular weight is 246 g/mol. The Kier molecular flexibility index (Phi) is 3.62. The minimum absolute atomic E-state index is 0.0944. The fourth-order valence-electron chi connectivity index (χ4n) is 1.54. The van der Waals surface area contributed by atoms with Crippen molar-refractivity contribution in [1.29, 1.82) is 0 Å². The molecule has 0 aliphatic carbocycles. The predicted octanol–water partition coefficient (Wildman–Crippen LogP) is 1.55. The van der Waals surface area contributed by atoms with Gasteiger partial charge in [0.1, 0.15) is 17.2 Å². The predicted molar refractivity (Wildman–Crippen MR) is 64.9 cm³/mol. The zero-order chi connectivity index (χ0) is 13.0. The number of phenols is 1. The number of rotatable bonds is 4. The van der Waals surface area contributed by atoms with Gasteiger partial charge in [0.15, 0.2) is 6.39 Å². The first-order chi connectivity index (χ1) is 8.65. The van der Waals surface area contributed by atoms with Gasteiger partial charge >= 0.3 is 0 Å². The van der Waals surface area contributed by atoms with Crippen LogP contribution in [0.15, 0.2) is 35.1 Å². The first-order valence-corrected chi connectivity index (χ1v) is 5.58. The topological polar surface area (TPSA) is 75.4 Å². The van der Waals surface area contributed by atoms with Crippen molar-refractivity contribution in [3.63, 3.8) is 0 Å². The molecule has 0 bridgehead atoms. The highest BCUT2D eigenvalue weighted by molar-refractivity contribution is 5.78. The number of nitrogens with zero attached hydrogens (tertiary/aromatic N) is 1. The molecular weight excluding hydrogens is 232 g/mol. The van der Waals surface area contributed by atoms with E-state index in [1.165, 1.54) is 6.39 Å². The summed E-state index contributed by atoms with van der Waals surface area (Å²) in [5.74, 6) is 0.806. The van der Waals surface area contributed by atoms with Crippen LogP contribution in [0.4, 0.5) is 0 Å². The number of benzene rings is 1. The van der Waals surface area contributed by atoms with E-state index in [2.05, 4.69) is 10.3 Å². The number of hydrogen-bond acceptors (Lipinski definition) is 4. The van der Waals surface area contributed by atoms with Gasteiger partial charge in [-0.3, -0.25) is 4.79 Å². The lowest BCUT2D eigenvalue weighted by atomic mass is 10.1. The van der Waals surface area contributed by atoms with Crippen LogP contribution in [-0.4, -0.2) is 16.0 Å². The van der Waals surface area contributed by atoms with Crippen molar-refractivity contribution in [2.75, 3.05) is 0 Å². The highest BCUT2D eigenvalue weighted by Crippen LogP contribution is 2.10. The molecule has 0 radical (unpaired) electrons. The van der Waals surface area contributed by atoms with Crippen LogP contribution in [-0.2, 0) is 17.8 Å². The number of carbonyl (C=O) groups excluding carboxylic acids is 1. The highest BCUT2D eigenvalue weighted by atomic mass is 16.3. The molecule has 1 amide bonds. The summed E-state index contributed by atoms with van der Waals surface area (Å²) in [6.07, 6.45) is 1.63. The molecule has 94 valence electrons. The van der Waals surface area contributed by atoms with Crippen LogP contribution in [0.3, 0.4) is 0 Å². The Bertz CT molecular complexity index is 531. The van der Waals surface area contributed by atoms with Crippen molar-refractivity contribution in [1.82, 2.24) is 10.3 Å². The molecule has 0 atom stereocenters. The highest BCUT2D eigenvalue weighted by Gasteiger charge is 2.07. The Hall–Kier alpha value is -2.30. The number of amides is 1. The third-order valence-electron chi connectivity index (χ3n) is 2.60. The van der Waals surface area contributed by atoms with Gasteiger partial charge in [0.05, 0.1) is 13.0 Å². The van der Waals surface area contributed by atoms with Gasteiger partial charge in [0.25, 0.3) is 0 Å². The summed E-state index contributed by atoms with van der Waals surface area (Å²) < 4.78 is 5.04. The maximum atomic E-state index is 11.7. The minimum atomic E-state index is -0.0944. The van der Waals surface area contributed by atoms with Gasteiger partial charge in [-0.15, -0.1) is 0 Å². The molecule has 0 unspecified atom stereocenters. The average Bonchev–Trinajstić information content (AvgIpc) is 2.75. The lowest BCUT2D eigenvalue weighted by Gasteiger charge is -2.04. The SMILES string of the molecule is Cc1ocnc1CNC(=O)Cc1ccc(O)cc1. The van der Waals surface area contributed by atoms with Crippen LogP contribution in [0.25, 0.3) is 0 Å². The fraction of sp³-hybridized carbons (Fsp3) is 0.231. The Balaban J connectivity index is 1.86. The van der Waals surface area contributed by atoms with Gasteiger partial charge in [-0.2, -0.15) is 0 Å². The van der Waals surface area contributed by atoms with E-state index in [9.17, 15) is 4.79 Å². The molecule has 5 nitrogen and oxygen atoms in total. The van der Waals surface area contributed by atoms with Gasteiger partial charge in [-0.05, 0) is 24.6 Å². The number of aromatic hydroxyl groups is 1. The van der Waals surface area contributed by atoms with E-state index in [4.69, 9.17) is 9.52 Å². The molecule has 1 aromatic carbocycles. The van der Waals surface area contributed by atoms with Crippen LogP contribution in [0, 0.1) is 6.92 Å². The summed E-state index contributed by atoms with van der Waals surface area (Å²) in [7, 11) is 0. The summed E-state index contributed by atoms with van der Waals surface area (Å²) in [6, 6.07) is 6.56. The van der Waals surface area contributed by atoms with Gasteiger partial charge < -0.3 is 14.8 Å². The van der Waals surface area contributed by atoms with Crippen molar-refractivity contribution in [3.05, 3.63) is 47.7 Å². The summed E-state index contributed by atoms with van der Waals surface area (Å²) in [5, 5.41) is 11.9. The number of aryl methyl sites for hydroxylation is 1. The van der Waals surface area contributed by atoms with Crippen molar-refractivity contribution in [2.45, 2.75) is 19.9 Å². The van der Waals surface area contributed by atoms with Crippen LogP contribution in [0.5, 0.6) is 5.75 Å². The van der Waals surface area contributed by atoms with E-state index >= 15 is 0 Å². The Labute approximate surface area is 104 Å². The Morgan fingerprint density at radius 2 is 2.11 bits per heavy atom. The molecular formula is C13H14N2O3. The molecule has 0 saturated heterocycles. The summed E-state index contributed by atoms with van der Waals surface area (Å²) in [4.78, 5) is 15.7. The van der Waals surface area contributed by atoms with Crippen molar-refractivity contribution in [3.8, 4) is 5.75 Å². The zero-order valence-corrected chi connectivity index (χ0v) is 10.0. The maximum absolute atomic E-state index is 11.7. The second-order valence-corrected chi connectivity index (χ2v) is 3.98. The van der Waals surface area contributed by atoms with Crippen molar-refractivity contribution in [2.24, 2.45) is 0 Å². The third kappa shape index (κ3) is 3.10. The number of nitrogens with one attached hydrogen (secondary N) is 1. The third-order valence-corrected chi connectivity index (χ3v) is 2.60. The molecule has 0 saturated carbocycles. The van der Waals surface area contributed by atoms with Crippen LogP contribution in [0.1, 0.15) is 17.0 Å². The fourth-order valence-corrected chi connectivity index (χ4v) is 1.54. The number of hydrogen-bond donors (Lipinski definition) is 2. The number of aromatic nitrogens is 1. The Morgan fingerprint density at radius 1 is 1.39 bits per heavy atom. The summed E-state index contributed by atoms with van der Waals surface area (Å²) in [6.45, 7) is 2.16. The van der Waals surface area contributed by atoms with E-state index in [0.717, 1.165) is 11.3 Å². The van der Waals surface area contributed by atoms with Crippen molar-refractivity contribution >= 4 is 5.91 Å². The van der Waals surface area contributed by atoms with E-state index in [1.807, 2.05) is 0 Å². The molecule has 2 N–H and O–H groups in total. The number of carbonyl (C=O) groups is 1. The van der Waals surface area contributed by atoms with Crippen molar-refractivity contribution < 1.29 is 14.3 Å². The van der Waals surface area contributed by atoms with Gasteiger partial charge in [0.2, 0.25) is 5.91 Å². The van der Waals surface area contributed by atoms with Gasteiger partial charge in [-0.25, -0.2) is 4.98 Å². The lowest BCUT2D eigenvalue weighted by Crippen LogP contribution is -2.24. The second kappa shape index (κ2) is 5.35. The number of oxazole rings is 1. The van der Waals surface area contributed by atoms with Crippen LogP contribution >= 0.6 is 0 Å². The molecule has 1 aromatic heterocycles. The molecule has 18 heavy (non-hydrogen) atoms. The largest absolute Gasteiger partial charge is 0.508 e. The van der Waals surface area contributed by atoms with E-state index in [0.29, 0.717) is 12.3 Å². The summed E-state index contributed by atoms with van der Waals surface area (Å²) in [5.41, 5.74) is 1.58. The van der Waals surface area contributed by atoms with E-state index in [-0.39, 0.29) is 18.1 Å². The molecule has 5 heteroatoms. The standard InChI is InChI=1S/C13H14N2O3/c1-9-12(15-8-18-9)7-14-13(17)6-10-2-4-11(16)5-3-10/h2-5,8,16H,6-7H2,1H3,(H,14,17). The first-order valence-electron chi connectivity index (χ1n) is 5.58. The molecule has 0 aliphatic heterocycles. The second-order valence-electron chi connectivity index (χ2n) is 3.98.